The van der Waals surface area contributed by atoms with Crippen molar-refractivity contribution in [2.24, 2.45) is 0 Å². The van der Waals surface area contributed by atoms with Crippen LogP contribution in [0, 0.1) is 11.6 Å². The summed E-state index contributed by atoms with van der Waals surface area (Å²) in [4.78, 5) is 24.4. The first-order chi connectivity index (χ1) is 8.97. The lowest BCUT2D eigenvalue weighted by Crippen LogP contribution is -2.33. The maximum absolute atomic E-state index is 13.0. The smallest absolute Gasteiger partial charge is 0.307 e. The van der Waals surface area contributed by atoms with Crippen molar-refractivity contribution >= 4 is 11.9 Å². The maximum atomic E-state index is 13.0. The second-order valence-corrected chi connectivity index (χ2v) is 3.87. The van der Waals surface area contributed by atoms with E-state index in [1.165, 1.54) is 12.0 Å². The van der Waals surface area contributed by atoms with E-state index in [4.69, 9.17) is 0 Å². The fraction of sp³-hybridized carbons (Fsp3) is 0.385. The Balaban J connectivity index is 2.80. The summed E-state index contributed by atoms with van der Waals surface area (Å²) in [5.74, 6) is -2.60. The lowest BCUT2D eigenvalue weighted by atomic mass is 10.2. The van der Waals surface area contributed by atoms with Crippen molar-refractivity contribution in [3.63, 3.8) is 0 Å². The number of carbonyl (C=O) groups is 2. The topological polar surface area (TPSA) is 46.6 Å². The largest absolute Gasteiger partial charge is 0.469 e. The fourth-order valence-electron chi connectivity index (χ4n) is 1.59. The average Bonchev–Trinajstić information content (AvgIpc) is 2.37. The molecule has 1 aromatic carbocycles. The van der Waals surface area contributed by atoms with Gasteiger partial charge in [-0.25, -0.2) is 8.78 Å². The van der Waals surface area contributed by atoms with Crippen LogP contribution in [0.4, 0.5) is 8.78 Å². The van der Waals surface area contributed by atoms with Gasteiger partial charge in [0.05, 0.1) is 13.5 Å². The van der Waals surface area contributed by atoms with E-state index in [1.807, 2.05) is 0 Å². The van der Waals surface area contributed by atoms with Gasteiger partial charge < -0.3 is 9.64 Å². The van der Waals surface area contributed by atoms with E-state index in [0.29, 0.717) is 12.6 Å². The molecule has 0 fully saturated rings. The second-order valence-electron chi connectivity index (χ2n) is 3.87. The van der Waals surface area contributed by atoms with Crippen molar-refractivity contribution < 1.29 is 23.1 Å². The first kappa shape index (κ1) is 15.1. The highest BCUT2D eigenvalue weighted by atomic mass is 19.1. The minimum atomic E-state index is -0.813. The number of rotatable bonds is 5. The van der Waals surface area contributed by atoms with Gasteiger partial charge in [-0.15, -0.1) is 0 Å². The predicted molar refractivity (Wildman–Crippen MR) is 64.6 cm³/mol. The van der Waals surface area contributed by atoms with Gasteiger partial charge in [0, 0.05) is 24.7 Å². The summed E-state index contributed by atoms with van der Waals surface area (Å²) >= 11 is 0. The molecule has 0 bridgehead atoms. The number of amides is 1. The molecule has 0 atom stereocenters. The Kier molecular flexibility index (Phi) is 5.41. The maximum Gasteiger partial charge on any atom is 0.307 e. The van der Waals surface area contributed by atoms with Gasteiger partial charge in [-0.2, -0.15) is 0 Å². The SMILES string of the molecule is CCN(CCC(=O)OC)C(=O)c1cc(F)cc(F)c1. The van der Waals surface area contributed by atoms with Gasteiger partial charge in [0.1, 0.15) is 11.6 Å². The van der Waals surface area contributed by atoms with Gasteiger partial charge in [0.25, 0.3) is 5.91 Å². The molecular formula is C13H15F2NO3. The zero-order valence-corrected chi connectivity index (χ0v) is 10.8. The number of esters is 1. The molecule has 1 aromatic rings. The number of benzene rings is 1. The molecule has 0 aromatic heterocycles. The zero-order valence-electron chi connectivity index (χ0n) is 10.8. The first-order valence-corrected chi connectivity index (χ1v) is 5.80. The fourth-order valence-corrected chi connectivity index (χ4v) is 1.59. The molecule has 6 heteroatoms. The van der Waals surface area contributed by atoms with E-state index < -0.39 is 23.5 Å². The quantitative estimate of drug-likeness (QED) is 0.769. The standard InChI is InChI=1S/C13H15F2NO3/c1-3-16(5-4-12(17)19-2)13(18)9-6-10(14)8-11(15)7-9/h6-8H,3-5H2,1-2H3. The van der Waals surface area contributed by atoms with Crippen LogP contribution in [-0.2, 0) is 9.53 Å². The first-order valence-electron chi connectivity index (χ1n) is 5.80. The summed E-state index contributed by atoms with van der Waals surface area (Å²) in [6.07, 6.45) is 0.0356. The van der Waals surface area contributed by atoms with Crippen LogP contribution in [-0.4, -0.2) is 37.0 Å². The molecule has 0 heterocycles. The van der Waals surface area contributed by atoms with Crippen LogP contribution in [0.1, 0.15) is 23.7 Å². The molecule has 0 spiro atoms. The Morgan fingerprint density at radius 3 is 2.26 bits per heavy atom. The van der Waals surface area contributed by atoms with E-state index in [-0.39, 0.29) is 18.5 Å². The van der Waals surface area contributed by atoms with Gasteiger partial charge in [0.2, 0.25) is 0 Å². The molecule has 104 valence electrons. The number of nitrogens with zero attached hydrogens (tertiary/aromatic N) is 1. The van der Waals surface area contributed by atoms with Crippen LogP contribution in [0.2, 0.25) is 0 Å². The molecule has 0 unspecified atom stereocenters. The van der Waals surface area contributed by atoms with Crippen LogP contribution < -0.4 is 0 Å². The number of halogens is 2. The molecule has 0 aliphatic rings. The molecule has 0 N–H and O–H groups in total. The summed E-state index contributed by atoms with van der Waals surface area (Å²) in [6, 6.07) is 2.62. The summed E-state index contributed by atoms with van der Waals surface area (Å²) in [6.45, 7) is 2.18. The van der Waals surface area contributed by atoms with Crippen molar-refractivity contribution in [2.45, 2.75) is 13.3 Å². The third-order valence-electron chi connectivity index (χ3n) is 2.59. The second kappa shape index (κ2) is 6.82. The Morgan fingerprint density at radius 1 is 1.21 bits per heavy atom. The van der Waals surface area contributed by atoms with Crippen LogP contribution in [0.3, 0.4) is 0 Å². The molecule has 19 heavy (non-hydrogen) atoms. The number of hydrogen-bond acceptors (Lipinski definition) is 3. The van der Waals surface area contributed by atoms with Crippen LogP contribution >= 0.6 is 0 Å². The Hall–Kier alpha value is -1.98. The average molecular weight is 271 g/mol. The third kappa shape index (κ3) is 4.31. The number of methoxy groups -OCH3 is 1. The van der Waals surface area contributed by atoms with Gasteiger partial charge in [-0.1, -0.05) is 0 Å². The number of hydrogen-bond donors (Lipinski definition) is 0. The number of carbonyl (C=O) groups excluding carboxylic acids is 2. The molecule has 1 rings (SSSR count). The van der Waals surface area contributed by atoms with E-state index in [1.54, 1.807) is 6.92 Å². The minimum Gasteiger partial charge on any atom is -0.469 e. The Bertz CT molecular complexity index is 457. The normalized spacial score (nSPS) is 10.1. The molecule has 0 saturated carbocycles. The monoisotopic (exact) mass is 271 g/mol. The van der Waals surface area contributed by atoms with E-state index in [9.17, 15) is 18.4 Å². The Labute approximate surface area is 110 Å². The predicted octanol–water partition coefficient (Wildman–Crippen LogP) is 1.99. The van der Waals surface area contributed by atoms with E-state index in [2.05, 4.69) is 4.74 Å². The third-order valence-corrected chi connectivity index (χ3v) is 2.59. The molecule has 0 radical (unpaired) electrons. The van der Waals surface area contributed by atoms with Crippen molar-refractivity contribution in [2.75, 3.05) is 20.2 Å². The van der Waals surface area contributed by atoms with Gasteiger partial charge in [0.15, 0.2) is 0 Å². The molecule has 4 nitrogen and oxygen atoms in total. The molecule has 0 aliphatic heterocycles. The van der Waals surface area contributed by atoms with Crippen molar-refractivity contribution in [1.82, 2.24) is 4.90 Å². The summed E-state index contributed by atoms with van der Waals surface area (Å²) < 4.78 is 30.6. The van der Waals surface area contributed by atoms with Crippen LogP contribution in [0.25, 0.3) is 0 Å². The highest BCUT2D eigenvalue weighted by Crippen LogP contribution is 2.11. The van der Waals surface area contributed by atoms with E-state index >= 15 is 0 Å². The Morgan fingerprint density at radius 2 is 1.79 bits per heavy atom. The van der Waals surface area contributed by atoms with Gasteiger partial charge in [-0.05, 0) is 19.1 Å². The lowest BCUT2D eigenvalue weighted by molar-refractivity contribution is -0.140. The van der Waals surface area contributed by atoms with Gasteiger partial charge >= 0.3 is 5.97 Å². The summed E-state index contributed by atoms with van der Waals surface area (Å²) in [5.41, 5.74) is -0.0794. The number of ether oxygens (including phenoxy) is 1. The van der Waals surface area contributed by atoms with Crippen LogP contribution in [0.5, 0.6) is 0 Å². The lowest BCUT2D eigenvalue weighted by Gasteiger charge is -2.20. The highest BCUT2D eigenvalue weighted by molar-refractivity contribution is 5.94. The van der Waals surface area contributed by atoms with Crippen molar-refractivity contribution in [3.05, 3.63) is 35.4 Å². The molecule has 0 aliphatic carbocycles. The highest BCUT2D eigenvalue weighted by Gasteiger charge is 2.17. The van der Waals surface area contributed by atoms with Crippen molar-refractivity contribution in [1.29, 1.82) is 0 Å². The molecule has 1 amide bonds. The zero-order chi connectivity index (χ0) is 14.4. The van der Waals surface area contributed by atoms with Crippen molar-refractivity contribution in [3.8, 4) is 0 Å². The molecule has 0 saturated heterocycles. The van der Waals surface area contributed by atoms with Gasteiger partial charge in [-0.3, -0.25) is 9.59 Å². The minimum absolute atomic E-state index is 0.0356. The molecular weight excluding hydrogens is 256 g/mol. The van der Waals surface area contributed by atoms with E-state index in [0.717, 1.165) is 12.1 Å². The van der Waals surface area contributed by atoms with Crippen LogP contribution in [0.15, 0.2) is 18.2 Å². The summed E-state index contributed by atoms with van der Waals surface area (Å²) in [7, 11) is 1.25. The summed E-state index contributed by atoms with van der Waals surface area (Å²) in [5, 5.41) is 0.